The van der Waals surface area contributed by atoms with E-state index in [-0.39, 0.29) is 23.4 Å². The van der Waals surface area contributed by atoms with Crippen molar-refractivity contribution in [3.8, 4) is 5.75 Å². The molecule has 0 bridgehead atoms. The molecular weight excluding hydrogens is 478 g/mol. The Morgan fingerprint density at radius 1 is 0.973 bits per heavy atom. The molecule has 1 fully saturated rings. The molecule has 0 spiro atoms. The molecule has 37 heavy (non-hydrogen) atoms. The van der Waals surface area contributed by atoms with Crippen LogP contribution in [0.1, 0.15) is 59.3 Å². The highest BCUT2D eigenvalue weighted by Crippen LogP contribution is 2.39. The summed E-state index contributed by atoms with van der Waals surface area (Å²) in [5.41, 5.74) is 4.26. The molecule has 0 unspecified atom stereocenters. The lowest BCUT2D eigenvalue weighted by molar-refractivity contribution is -0.129. The summed E-state index contributed by atoms with van der Waals surface area (Å²) in [6.07, 6.45) is 2.04. The minimum Gasteiger partial charge on any atom is -0.480 e. The maximum absolute atomic E-state index is 13.8. The molecule has 4 rings (SSSR count). The van der Waals surface area contributed by atoms with Crippen LogP contribution in [-0.2, 0) is 11.3 Å². The molecule has 1 heterocycles. The van der Waals surface area contributed by atoms with Crippen LogP contribution in [0.15, 0.2) is 71.6 Å². The smallest absolute Gasteiger partial charge is 0.172 e. The number of likely N-dealkylation sites (tertiary alicyclic amines) is 1. The lowest BCUT2D eigenvalue weighted by Gasteiger charge is -2.27. The van der Waals surface area contributed by atoms with Gasteiger partial charge in [-0.05, 0) is 75.3 Å². The number of thioether (sulfide) groups is 1. The zero-order chi connectivity index (χ0) is 26.7. The van der Waals surface area contributed by atoms with Crippen LogP contribution in [0.3, 0.4) is 0 Å². The van der Waals surface area contributed by atoms with Crippen LogP contribution in [0, 0.1) is 19.8 Å². The standard InChI is InChI=1S/C32H37NO3S/c1-21-16-26(17-22(2)31(21)36-32(4,5)23(3)34)28-19-33(18-24-10-8-7-9-11-24)20-29(28)30(35)25-12-14-27(37-6)15-13-25/h7-17,28-29H,18-20H2,1-6H3/t28-,29+/m1/s1. The van der Waals surface area contributed by atoms with Crippen LogP contribution in [0.4, 0.5) is 0 Å². The third-order valence-electron chi connectivity index (χ3n) is 7.47. The van der Waals surface area contributed by atoms with Crippen LogP contribution in [0.5, 0.6) is 5.75 Å². The monoisotopic (exact) mass is 515 g/mol. The average Bonchev–Trinajstić information content (AvgIpc) is 3.30. The Morgan fingerprint density at radius 2 is 1.59 bits per heavy atom. The minimum absolute atomic E-state index is 0.0131. The van der Waals surface area contributed by atoms with Crippen molar-refractivity contribution in [1.29, 1.82) is 0 Å². The topological polar surface area (TPSA) is 46.6 Å². The summed E-state index contributed by atoms with van der Waals surface area (Å²) >= 11 is 1.68. The van der Waals surface area contributed by atoms with Crippen molar-refractivity contribution in [1.82, 2.24) is 4.90 Å². The van der Waals surface area contributed by atoms with Gasteiger partial charge in [0.25, 0.3) is 0 Å². The van der Waals surface area contributed by atoms with Crippen molar-refractivity contribution < 1.29 is 14.3 Å². The fourth-order valence-corrected chi connectivity index (χ4v) is 5.52. The van der Waals surface area contributed by atoms with Gasteiger partial charge in [0.05, 0.1) is 0 Å². The van der Waals surface area contributed by atoms with E-state index < -0.39 is 5.60 Å². The van der Waals surface area contributed by atoms with Gasteiger partial charge in [0.15, 0.2) is 17.2 Å². The molecular formula is C32H37NO3S. The molecule has 1 saturated heterocycles. The first kappa shape index (κ1) is 27.2. The molecule has 4 nitrogen and oxygen atoms in total. The fraction of sp³-hybridized carbons (Fsp3) is 0.375. The normalized spacial score (nSPS) is 18.1. The first-order valence-corrected chi connectivity index (χ1v) is 14.1. The average molecular weight is 516 g/mol. The van der Waals surface area contributed by atoms with Crippen molar-refractivity contribution in [3.05, 3.63) is 94.5 Å². The highest BCUT2D eigenvalue weighted by molar-refractivity contribution is 7.98. The number of hydrogen-bond acceptors (Lipinski definition) is 5. The van der Waals surface area contributed by atoms with E-state index in [4.69, 9.17) is 4.74 Å². The summed E-state index contributed by atoms with van der Waals surface area (Å²) in [5, 5.41) is 0. The van der Waals surface area contributed by atoms with Gasteiger partial charge >= 0.3 is 0 Å². The zero-order valence-electron chi connectivity index (χ0n) is 22.7. The molecule has 1 aliphatic heterocycles. The first-order chi connectivity index (χ1) is 17.6. The van der Waals surface area contributed by atoms with Crippen LogP contribution >= 0.6 is 11.8 Å². The van der Waals surface area contributed by atoms with Gasteiger partial charge in [0, 0.05) is 41.9 Å². The molecule has 0 aromatic heterocycles. The lowest BCUT2D eigenvalue weighted by atomic mass is 9.82. The number of hydrogen-bond donors (Lipinski definition) is 0. The number of ether oxygens (including phenoxy) is 1. The quantitative estimate of drug-likeness (QED) is 0.230. The van der Waals surface area contributed by atoms with Gasteiger partial charge in [-0.2, -0.15) is 0 Å². The van der Waals surface area contributed by atoms with Gasteiger partial charge in [0.1, 0.15) is 5.75 Å². The SMILES string of the molecule is CSc1ccc(C(=O)[C@H]2CN(Cc3ccccc3)C[C@@H]2c2cc(C)c(OC(C)(C)C(C)=O)c(C)c2)cc1. The summed E-state index contributed by atoms with van der Waals surface area (Å²) in [4.78, 5) is 29.5. The summed E-state index contributed by atoms with van der Waals surface area (Å²) in [5.74, 6) is 0.868. The van der Waals surface area contributed by atoms with Crippen LogP contribution < -0.4 is 4.74 Å². The highest BCUT2D eigenvalue weighted by Gasteiger charge is 2.39. The largest absolute Gasteiger partial charge is 0.480 e. The molecule has 0 saturated carbocycles. The van der Waals surface area contributed by atoms with Gasteiger partial charge in [-0.1, -0.05) is 54.6 Å². The van der Waals surface area contributed by atoms with Crippen LogP contribution in [0.25, 0.3) is 0 Å². The molecule has 0 amide bonds. The number of rotatable bonds is 9. The number of aryl methyl sites for hydroxylation is 2. The van der Waals surface area contributed by atoms with E-state index >= 15 is 0 Å². The maximum Gasteiger partial charge on any atom is 0.172 e. The van der Waals surface area contributed by atoms with Gasteiger partial charge in [0.2, 0.25) is 0 Å². The van der Waals surface area contributed by atoms with Crippen LogP contribution in [0.2, 0.25) is 0 Å². The molecule has 5 heteroatoms. The first-order valence-electron chi connectivity index (χ1n) is 12.8. The number of Topliss-reactive ketones (excluding diaryl/α,β-unsaturated/α-hetero) is 2. The van der Waals surface area contributed by atoms with Gasteiger partial charge in [-0.15, -0.1) is 11.8 Å². The van der Waals surface area contributed by atoms with Crippen molar-refractivity contribution in [3.63, 3.8) is 0 Å². The Kier molecular flexibility index (Phi) is 8.25. The number of benzene rings is 3. The van der Waals surface area contributed by atoms with E-state index in [2.05, 4.69) is 41.3 Å². The fourth-order valence-electron chi connectivity index (χ4n) is 5.11. The summed E-state index contributed by atoms with van der Waals surface area (Å²) < 4.78 is 6.18. The van der Waals surface area contributed by atoms with Gasteiger partial charge < -0.3 is 4.74 Å². The van der Waals surface area contributed by atoms with Crippen LogP contribution in [-0.4, -0.2) is 41.4 Å². The van der Waals surface area contributed by atoms with Crippen molar-refractivity contribution in [2.45, 2.75) is 57.6 Å². The molecule has 0 radical (unpaired) electrons. The second-order valence-corrected chi connectivity index (χ2v) is 11.5. The van der Waals surface area contributed by atoms with Gasteiger partial charge in [-0.3, -0.25) is 14.5 Å². The number of carbonyl (C=O) groups excluding carboxylic acids is 2. The Hall–Kier alpha value is -2.89. The minimum atomic E-state index is -0.891. The molecule has 0 N–H and O–H groups in total. The summed E-state index contributed by atoms with van der Waals surface area (Å²) in [6, 6.07) is 22.7. The second-order valence-electron chi connectivity index (χ2n) is 10.6. The predicted octanol–water partition coefficient (Wildman–Crippen LogP) is 6.87. The zero-order valence-corrected chi connectivity index (χ0v) is 23.5. The Balaban J connectivity index is 1.66. The second kappa shape index (κ2) is 11.2. The van der Waals surface area contributed by atoms with Gasteiger partial charge in [-0.25, -0.2) is 0 Å². The van der Waals surface area contributed by atoms with Crippen molar-refractivity contribution in [2.24, 2.45) is 5.92 Å². The number of carbonyl (C=O) groups is 2. The lowest BCUT2D eigenvalue weighted by Crippen LogP contribution is -2.36. The van der Waals surface area contributed by atoms with E-state index in [1.807, 2.05) is 50.4 Å². The molecule has 3 aromatic carbocycles. The van der Waals surface area contributed by atoms with Crippen molar-refractivity contribution >= 4 is 23.3 Å². The number of nitrogens with zero attached hydrogens (tertiary/aromatic N) is 1. The highest BCUT2D eigenvalue weighted by atomic mass is 32.2. The molecule has 194 valence electrons. The van der Waals surface area contributed by atoms with E-state index in [1.54, 1.807) is 32.5 Å². The third kappa shape index (κ3) is 6.16. The Bertz CT molecular complexity index is 1240. The van der Waals surface area contributed by atoms with Crippen molar-refractivity contribution in [2.75, 3.05) is 19.3 Å². The van der Waals surface area contributed by atoms with E-state index in [0.29, 0.717) is 0 Å². The van der Waals surface area contributed by atoms with E-state index in [9.17, 15) is 9.59 Å². The van der Waals surface area contributed by atoms with E-state index in [1.165, 1.54) is 5.56 Å². The molecule has 2 atom stereocenters. The molecule has 1 aliphatic rings. The Labute approximate surface area is 225 Å². The molecule has 3 aromatic rings. The number of ketones is 2. The molecule has 0 aliphatic carbocycles. The maximum atomic E-state index is 13.8. The predicted molar refractivity (Wildman–Crippen MR) is 152 cm³/mol. The third-order valence-corrected chi connectivity index (χ3v) is 8.22. The summed E-state index contributed by atoms with van der Waals surface area (Å²) in [7, 11) is 0. The Morgan fingerprint density at radius 3 is 2.16 bits per heavy atom. The van der Waals surface area contributed by atoms with E-state index in [0.717, 1.165) is 52.5 Å². The summed E-state index contributed by atoms with van der Waals surface area (Å²) in [6.45, 7) is 11.6.